The van der Waals surface area contributed by atoms with E-state index in [0.29, 0.717) is 0 Å². The molecule has 1 aliphatic heterocycles. The highest BCUT2D eigenvalue weighted by atomic mass is 127. The molecule has 0 amide bonds. The van der Waals surface area contributed by atoms with Crippen molar-refractivity contribution in [2.24, 2.45) is 0 Å². The first-order valence-corrected chi connectivity index (χ1v) is 7.94. The van der Waals surface area contributed by atoms with Crippen molar-refractivity contribution in [2.75, 3.05) is 13.2 Å². The zero-order valence-corrected chi connectivity index (χ0v) is 12.6. The van der Waals surface area contributed by atoms with Crippen LogP contribution >= 0.6 is 33.9 Å². The summed E-state index contributed by atoms with van der Waals surface area (Å²) >= 11 is 4.30. The van der Waals surface area contributed by atoms with Crippen LogP contribution < -0.4 is 0 Å². The summed E-state index contributed by atoms with van der Waals surface area (Å²) in [4.78, 5) is 1.39. The van der Waals surface area contributed by atoms with Crippen LogP contribution in [0.15, 0.2) is 23.1 Å². The van der Waals surface area contributed by atoms with E-state index in [4.69, 9.17) is 9.47 Å². The summed E-state index contributed by atoms with van der Waals surface area (Å²) in [5.41, 5.74) is 1.57. The summed E-state index contributed by atoms with van der Waals surface area (Å²) in [5, 5.41) is 2.14. The lowest BCUT2D eigenvalue weighted by Gasteiger charge is -2.33. The maximum atomic E-state index is 5.76. The zero-order chi connectivity index (χ0) is 11.7. The van der Waals surface area contributed by atoms with Crippen molar-refractivity contribution in [3.8, 4) is 0 Å². The van der Waals surface area contributed by atoms with Gasteiger partial charge in [-0.3, -0.25) is 0 Å². The third kappa shape index (κ3) is 2.45. The van der Waals surface area contributed by atoms with E-state index in [-0.39, 0.29) is 5.79 Å². The molecule has 2 aliphatic rings. The predicted octanol–water partition coefficient (Wildman–Crippen LogP) is 4.21. The molecule has 4 heteroatoms. The van der Waals surface area contributed by atoms with Gasteiger partial charge in [-0.2, -0.15) is 0 Å². The molecule has 2 fully saturated rings. The van der Waals surface area contributed by atoms with Gasteiger partial charge in [0.2, 0.25) is 0 Å². The van der Waals surface area contributed by atoms with Gasteiger partial charge >= 0.3 is 0 Å². The van der Waals surface area contributed by atoms with Crippen LogP contribution in [-0.2, 0) is 9.47 Å². The summed E-state index contributed by atoms with van der Waals surface area (Å²) in [6.07, 6.45) is 4.24. The normalized spacial score (nSPS) is 23.2. The van der Waals surface area contributed by atoms with Crippen molar-refractivity contribution in [1.29, 1.82) is 0 Å². The molecule has 3 rings (SSSR count). The average Bonchev–Trinajstić information content (AvgIpc) is 3.01. The van der Waals surface area contributed by atoms with Gasteiger partial charge in [-0.1, -0.05) is 11.6 Å². The van der Waals surface area contributed by atoms with Crippen LogP contribution in [0.2, 0.25) is 0 Å². The molecule has 92 valence electrons. The fourth-order valence-corrected chi connectivity index (χ4v) is 4.32. The molecule has 2 heterocycles. The molecule has 1 aromatic rings. The fraction of sp³-hybridized carbons (Fsp3) is 0.538. The second-order valence-electron chi connectivity index (χ2n) is 4.50. The Balaban J connectivity index is 1.74. The summed E-state index contributed by atoms with van der Waals surface area (Å²) in [7, 11) is 0. The Bertz CT molecular complexity index is 407. The van der Waals surface area contributed by atoms with E-state index in [1.807, 2.05) is 11.3 Å². The second kappa shape index (κ2) is 4.99. The van der Waals surface area contributed by atoms with Gasteiger partial charge in [0.1, 0.15) is 0 Å². The van der Waals surface area contributed by atoms with Gasteiger partial charge in [0.25, 0.3) is 0 Å². The molecule has 0 aromatic carbocycles. The molecule has 1 spiro atoms. The van der Waals surface area contributed by atoms with Crippen LogP contribution in [0.1, 0.15) is 30.6 Å². The number of thiophene rings is 1. The van der Waals surface area contributed by atoms with Gasteiger partial charge in [-0.25, -0.2) is 0 Å². The van der Waals surface area contributed by atoms with Crippen LogP contribution in [0.4, 0.5) is 0 Å². The quantitative estimate of drug-likeness (QED) is 0.697. The predicted molar refractivity (Wildman–Crippen MR) is 78.4 cm³/mol. The minimum atomic E-state index is -0.240. The maximum absolute atomic E-state index is 5.76. The van der Waals surface area contributed by atoms with Gasteiger partial charge in [0.15, 0.2) is 5.79 Å². The number of ether oxygens (including phenoxy) is 2. The van der Waals surface area contributed by atoms with Gasteiger partial charge < -0.3 is 9.47 Å². The third-order valence-electron chi connectivity index (χ3n) is 3.48. The summed E-state index contributed by atoms with van der Waals surface area (Å²) < 4.78 is 12.9. The summed E-state index contributed by atoms with van der Waals surface area (Å²) in [5.74, 6) is -0.240. The summed E-state index contributed by atoms with van der Waals surface area (Å²) in [6, 6.07) is 4.32. The van der Waals surface area contributed by atoms with Crippen LogP contribution in [0.5, 0.6) is 0 Å². The highest BCUT2D eigenvalue weighted by Gasteiger charge is 2.39. The SMILES string of the molecule is IC(=C1CCC2(CC1)OCCO2)c1cccs1. The van der Waals surface area contributed by atoms with Crippen molar-refractivity contribution in [3.63, 3.8) is 0 Å². The molecule has 0 bridgehead atoms. The van der Waals surface area contributed by atoms with Crippen LogP contribution in [0, 0.1) is 0 Å². The van der Waals surface area contributed by atoms with Gasteiger partial charge in [0.05, 0.1) is 13.2 Å². The first kappa shape index (κ1) is 12.1. The molecule has 0 N–H and O–H groups in total. The van der Waals surface area contributed by atoms with Gasteiger partial charge in [-0.15, -0.1) is 11.3 Å². The average molecular weight is 362 g/mol. The lowest BCUT2D eigenvalue weighted by Crippen LogP contribution is -2.33. The number of hydrogen-bond donors (Lipinski definition) is 0. The minimum absolute atomic E-state index is 0.240. The zero-order valence-electron chi connectivity index (χ0n) is 9.58. The second-order valence-corrected chi connectivity index (χ2v) is 6.53. The standard InChI is InChI=1S/C13H15IO2S/c14-12(11-2-1-9-17-11)10-3-5-13(6-4-10)15-7-8-16-13/h1-2,9H,3-8H2. The van der Waals surface area contributed by atoms with Crippen LogP contribution in [0.25, 0.3) is 3.58 Å². The molecule has 0 unspecified atom stereocenters. The van der Waals surface area contributed by atoms with Gasteiger partial charge in [0, 0.05) is 21.3 Å². The molecular formula is C13H15IO2S. The molecule has 1 saturated carbocycles. The van der Waals surface area contributed by atoms with E-state index in [2.05, 4.69) is 40.1 Å². The van der Waals surface area contributed by atoms with Crippen molar-refractivity contribution in [3.05, 3.63) is 28.0 Å². The Morgan fingerprint density at radius 2 is 1.94 bits per heavy atom. The van der Waals surface area contributed by atoms with Crippen molar-refractivity contribution >= 4 is 37.5 Å². The number of halogens is 1. The van der Waals surface area contributed by atoms with Gasteiger partial charge in [-0.05, 0) is 46.9 Å². The number of rotatable bonds is 1. The highest BCUT2D eigenvalue weighted by molar-refractivity contribution is 14.1. The topological polar surface area (TPSA) is 18.5 Å². The van der Waals surface area contributed by atoms with E-state index in [1.54, 1.807) is 5.57 Å². The number of allylic oxidation sites excluding steroid dienone is 1. The molecule has 1 saturated heterocycles. The Labute approximate surface area is 119 Å². The van der Waals surface area contributed by atoms with E-state index in [1.165, 1.54) is 8.46 Å². The highest BCUT2D eigenvalue weighted by Crippen LogP contribution is 2.42. The largest absolute Gasteiger partial charge is 0.348 e. The first-order chi connectivity index (χ1) is 8.29. The minimum Gasteiger partial charge on any atom is -0.348 e. The smallest absolute Gasteiger partial charge is 0.169 e. The van der Waals surface area contributed by atoms with Crippen molar-refractivity contribution in [1.82, 2.24) is 0 Å². The molecular weight excluding hydrogens is 347 g/mol. The molecule has 0 atom stereocenters. The molecule has 1 aliphatic carbocycles. The van der Waals surface area contributed by atoms with Crippen molar-refractivity contribution < 1.29 is 9.47 Å². The first-order valence-electron chi connectivity index (χ1n) is 5.98. The molecule has 17 heavy (non-hydrogen) atoms. The van der Waals surface area contributed by atoms with Crippen LogP contribution in [0.3, 0.4) is 0 Å². The van der Waals surface area contributed by atoms with E-state index in [9.17, 15) is 0 Å². The Kier molecular flexibility index (Phi) is 3.57. The van der Waals surface area contributed by atoms with Crippen LogP contribution in [-0.4, -0.2) is 19.0 Å². The lowest BCUT2D eigenvalue weighted by molar-refractivity contribution is -0.171. The Hall–Kier alpha value is 0.0900. The fourth-order valence-electron chi connectivity index (χ4n) is 2.52. The molecule has 0 radical (unpaired) electrons. The lowest BCUT2D eigenvalue weighted by atomic mass is 9.89. The van der Waals surface area contributed by atoms with E-state index >= 15 is 0 Å². The number of hydrogen-bond acceptors (Lipinski definition) is 3. The third-order valence-corrected chi connectivity index (χ3v) is 6.07. The Morgan fingerprint density at radius 1 is 1.24 bits per heavy atom. The maximum Gasteiger partial charge on any atom is 0.169 e. The Morgan fingerprint density at radius 3 is 2.53 bits per heavy atom. The van der Waals surface area contributed by atoms with E-state index < -0.39 is 0 Å². The summed E-state index contributed by atoms with van der Waals surface area (Å²) in [6.45, 7) is 1.53. The molecule has 1 aromatic heterocycles. The van der Waals surface area contributed by atoms with Crippen molar-refractivity contribution in [2.45, 2.75) is 31.5 Å². The van der Waals surface area contributed by atoms with E-state index in [0.717, 1.165) is 38.9 Å². The molecule has 2 nitrogen and oxygen atoms in total. The monoisotopic (exact) mass is 362 g/mol.